The molecule has 0 aliphatic carbocycles. The highest BCUT2D eigenvalue weighted by Gasteiger charge is 2.21. The molecule has 0 unspecified atom stereocenters. The highest BCUT2D eigenvalue weighted by Crippen LogP contribution is 2.36. The molecule has 0 atom stereocenters. The van der Waals surface area contributed by atoms with E-state index in [1.54, 1.807) is 0 Å². The molecule has 4 rings (SSSR count). The summed E-state index contributed by atoms with van der Waals surface area (Å²) in [6.07, 6.45) is 3.22. The standard InChI is InChI=1S/C26H28N2O4S/c29-24(28-15-8-3-9-16-28)19-32-22-18-23(20-10-4-1-5-11-20)33-25(22)26(30)27-14-17-31-21-12-6-2-7-13-21/h1-2,4-7,10-13,18H,3,8-9,14-17,19H2,(H,27,30). The minimum Gasteiger partial charge on any atom is -0.492 e. The van der Waals surface area contributed by atoms with Gasteiger partial charge < -0.3 is 19.7 Å². The van der Waals surface area contributed by atoms with Crippen LogP contribution in [0.15, 0.2) is 66.7 Å². The average molecular weight is 465 g/mol. The zero-order valence-electron chi connectivity index (χ0n) is 18.5. The SMILES string of the molecule is O=C(NCCOc1ccccc1)c1sc(-c2ccccc2)cc1OCC(=O)N1CCCCC1. The van der Waals surface area contributed by atoms with Crippen molar-refractivity contribution in [2.75, 3.05) is 32.8 Å². The van der Waals surface area contributed by atoms with Crippen LogP contribution < -0.4 is 14.8 Å². The molecule has 2 aromatic carbocycles. The number of hydrogen-bond acceptors (Lipinski definition) is 5. The summed E-state index contributed by atoms with van der Waals surface area (Å²) in [7, 11) is 0. The number of thiophene rings is 1. The normalized spacial score (nSPS) is 13.4. The summed E-state index contributed by atoms with van der Waals surface area (Å²) in [6.45, 7) is 2.20. The van der Waals surface area contributed by atoms with Crippen LogP contribution in [-0.4, -0.2) is 49.6 Å². The molecule has 2 amide bonds. The number of benzene rings is 2. The van der Waals surface area contributed by atoms with Gasteiger partial charge in [0, 0.05) is 18.0 Å². The van der Waals surface area contributed by atoms with E-state index in [1.165, 1.54) is 11.3 Å². The second-order valence-electron chi connectivity index (χ2n) is 7.82. The summed E-state index contributed by atoms with van der Waals surface area (Å²) in [6, 6.07) is 21.2. The Bertz CT molecular complexity index is 1050. The molecule has 1 saturated heterocycles. The summed E-state index contributed by atoms with van der Waals surface area (Å²) < 4.78 is 11.5. The van der Waals surface area contributed by atoms with Crippen LogP contribution >= 0.6 is 11.3 Å². The monoisotopic (exact) mass is 464 g/mol. The molecule has 1 aromatic heterocycles. The number of rotatable bonds is 9. The third-order valence-corrected chi connectivity index (χ3v) is 6.59. The summed E-state index contributed by atoms with van der Waals surface area (Å²) in [5, 5.41) is 2.90. The van der Waals surface area contributed by atoms with Crippen LogP contribution in [-0.2, 0) is 4.79 Å². The van der Waals surface area contributed by atoms with Crippen molar-refractivity contribution in [1.82, 2.24) is 10.2 Å². The van der Waals surface area contributed by atoms with Gasteiger partial charge >= 0.3 is 0 Å². The van der Waals surface area contributed by atoms with Gasteiger partial charge in [-0.2, -0.15) is 0 Å². The fraction of sp³-hybridized carbons (Fsp3) is 0.308. The minimum atomic E-state index is -0.237. The van der Waals surface area contributed by atoms with Gasteiger partial charge in [0.2, 0.25) is 0 Å². The Morgan fingerprint density at radius 3 is 2.33 bits per heavy atom. The first-order valence-corrected chi connectivity index (χ1v) is 12.1. The molecule has 7 heteroatoms. The third-order valence-electron chi connectivity index (χ3n) is 5.42. The summed E-state index contributed by atoms with van der Waals surface area (Å²) in [5.74, 6) is 0.921. The van der Waals surface area contributed by atoms with Crippen LogP contribution in [0, 0.1) is 0 Å². The van der Waals surface area contributed by atoms with E-state index in [-0.39, 0.29) is 18.4 Å². The number of para-hydroxylation sites is 1. The lowest BCUT2D eigenvalue weighted by molar-refractivity contribution is -0.134. The van der Waals surface area contributed by atoms with Gasteiger partial charge in [-0.15, -0.1) is 11.3 Å². The first-order chi connectivity index (χ1) is 16.2. The molecule has 0 radical (unpaired) electrons. The molecule has 0 bridgehead atoms. The van der Waals surface area contributed by atoms with Gasteiger partial charge in [0.15, 0.2) is 6.61 Å². The highest BCUT2D eigenvalue weighted by molar-refractivity contribution is 7.17. The van der Waals surface area contributed by atoms with Crippen molar-refractivity contribution < 1.29 is 19.1 Å². The number of amides is 2. The molecular formula is C26H28N2O4S. The molecule has 1 aliphatic heterocycles. The van der Waals surface area contributed by atoms with Gasteiger partial charge in [0.1, 0.15) is 23.0 Å². The van der Waals surface area contributed by atoms with E-state index in [1.807, 2.05) is 71.6 Å². The van der Waals surface area contributed by atoms with Crippen LogP contribution in [0.1, 0.15) is 28.9 Å². The predicted molar refractivity (Wildman–Crippen MR) is 130 cm³/mol. The Hall–Kier alpha value is -3.32. The molecular weight excluding hydrogens is 436 g/mol. The van der Waals surface area contributed by atoms with Gasteiger partial charge in [0.05, 0.1) is 6.54 Å². The second kappa shape index (κ2) is 11.5. The number of likely N-dealkylation sites (tertiary alicyclic amines) is 1. The number of nitrogens with zero attached hydrogens (tertiary/aromatic N) is 1. The fourth-order valence-electron chi connectivity index (χ4n) is 3.69. The molecule has 33 heavy (non-hydrogen) atoms. The molecule has 1 N–H and O–H groups in total. The van der Waals surface area contributed by atoms with E-state index in [0.29, 0.717) is 23.8 Å². The van der Waals surface area contributed by atoms with Crippen molar-refractivity contribution in [3.63, 3.8) is 0 Å². The molecule has 0 saturated carbocycles. The topological polar surface area (TPSA) is 67.9 Å². The van der Waals surface area contributed by atoms with Crippen LogP contribution in [0.3, 0.4) is 0 Å². The number of piperidine rings is 1. The lowest BCUT2D eigenvalue weighted by Crippen LogP contribution is -2.38. The zero-order chi connectivity index (χ0) is 22.9. The number of carbonyl (C=O) groups is 2. The number of hydrogen-bond donors (Lipinski definition) is 1. The van der Waals surface area contributed by atoms with Gasteiger partial charge in [-0.3, -0.25) is 9.59 Å². The predicted octanol–water partition coefficient (Wildman–Crippen LogP) is 4.62. The zero-order valence-corrected chi connectivity index (χ0v) is 19.3. The number of nitrogens with one attached hydrogen (secondary N) is 1. The number of carbonyl (C=O) groups excluding carboxylic acids is 2. The van der Waals surface area contributed by atoms with E-state index >= 15 is 0 Å². The van der Waals surface area contributed by atoms with Gasteiger partial charge in [-0.1, -0.05) is 48.5 Å². The van der Waals surface area contributed by atoms with Crippen molar-refractivity contribution in [1.29, 1.82) is 0 Å². The lowest BCUT2D eigenvalue weighted by atomic mass is 10.1. The largest absolute Gasteiger partial charge is 0.492 e. The molecule has 3 aromatic rings. The average Bonchev–Trinajstić information content (AvgIpc) is 3.31. The number of ether oxygens (including phenoxy) is 2. The van der Waals surface area contributed by atoms with Gasteiger partial charge in [-0.05, 0) is 43.0 Å². The van der Waals surface area contributed by atoms with Crippen molar-refractivity contribution >= 4 is 23.2 Å². The smallest absolute Gasteiger partial charge is 0.265 e. The van der Waals surface area contributed by atoms with Crippen LogP contribution in [0.5, 0.6) is 11.5 Å². The fourth-order valence-corrected chi connectivity index (χ4v) is 4.71. The first kappa shape index (κ1) is 22.9. The van der Waals surface area contributed by atoms with Crippen molar-refractivity contribution in [3.8, 4) is 21.9 Å². The molecule has 1 fully saturated rings. The molecule has 2 heterocycles. The van der Waals surface area contributed by atoms with E-state index in [0.717, 1.165) is 48.5 Å². The maximum absolute atomic E-state index is 12.9. The quantitative estimate of drug-likeness (QED) is 0.470. The van der Waals surface area contributed by atoms with Crippen LogP contribution in [0.4, 0.5) is 0 Å². The van der Waals surface area contributed by atoms with Crippen molar-refractivity contribution in [3.05, 3.63) is 71.6 Å². The Labute approximate surface area is 198 Å². The first-order valence-electron chi connectivity index (χ1n) is 11.3. The lowest BCUT2D eigenvalue weighted by Gasteiger charge is -2.26. The van der Waals surface area contributed by atoms with Crippen LogP contribution in [0.2, 0.25) is 0 Å². The second-order valence-corrected chi connectivity index (χ2v) is 8.87. The molecule has 0 spiro atoms. The Kier molecular flexibility index (Phi) is 7.98. The van der Waals surface area contributed by atoms with E-state index < -0.39 is 0 Å². The highest BCUT2D eigenvalue weighted by atomic mass is 32.1. The van der Waals surface area contributed by atoms with E-state index in [2.05, 4.69) is 5.32 Å². The molecule has 6 nitrogen and oxygen atoms in total. The van der Waals surface area contributed by atoms with Gasteiger partial charge in [0.25, 0.3) is 11.8 Å². The van der Waals surface area contributed by atoms with Crippen molar-refractivity contribution in [2.24, 2.45) is 0 Å². The summed E-state index contributed by atoms with van der Waals surface area (Å²) in [5.41, 5.74) is 1.00. The maximum atomic E-state index is 12.9. The Balaban J connectivity index is 1.41. The molecule has 172 valence electrons. The minimum absolute atomic E-state index is 0.0372. The molecule has 1 aliphatic rings. The van der Waals surface area contributed by atoms with Crippen molar-refractivity contribution in [2.45, 2.75) is 19.3 Å². The summed E-state index contributed by atoms with van der Waals surface area (Å²) >= 11 is 1.36. The summed E-state index contributed by atoms with van der Waals surface area (Å²) in [4.78, 5) is 28.7. The Morgan fingerprint density at radius 2 is 1.61 bits per heavy atom. The third kappa shape index (κ3) is 6.35. The van der Waals surface area contributed by atoms with E-state index in [9.17, 15) is 9.59 Å². The maximum Gasteiger partial charge on any atom is 0.265 e. The van der Waals surface area contributed by atoms with Gasteiger partial charge in [-0.25, -0.2) is 0 Å². The van der Waals surface area contributed by atoms with Crippen LogP contribution in [0.25, 0.3) is 10.4 Å². The van der Waals surface area contributed by atoms with E-state index in [4.69, 9.17) is 9.47 Å². The Morgan fingerprint density at radius 1 is 0.909 bits per heavy atom.